The van der Waals surface area contributed by atoms with Crippen molar-refractivity contribution in [1.82, 2.24) is 19.6 Å². The Labute approximate surface area is 191 Å². The van der Waals surface area contributed by atoms with Crippen molar-refractivity contribution >= 4 is 5.91 Å². The van der Waals surface area contributed by atoms with Crippen LogP contribution in [0.15, 0.2) is 60.7 Å². The van der Waals surface area contributed by atoms with E-state index in [1.165, 1.54) is 16.7 Å². The van der Waals surface area contributed by atoms with Gasteiger partial charge in [0.2, 0.25) is 0 Å². The fourth-order valence-corrected chi connectivity index (χ4v) is 4.51. The second-order valence-electron chi connectivity index (χ2n) is 9.81. The standard InChI is InChI=1S/C27H34N4O/c1-20-11-13-23(14-12-20)25(22-9-7-6-8-10-22)29-15-17-30(18-16-29)26(32)24-19-21(2)28-31(24)27(3,4)5/h6-14,19,25H,15-18H2,1-5H3/t25-/m0/s1. The molecule has 32 heavy (non-hydrogen) atoms. The first kappa shape index (κ1) is 22.3. The van der Waals surface area contributed by atoms with Crippen molar-refractivity contribution in [3.63, 3.8) is 0 Å². The van der Waals surface area contributed by atoms with Gasteiger partial charge < -0.3 is 4.90 Å². The highest BCUT2D eigenvalue weighted by Crippen LogP contribution is 2.30. The van der Waals surface area contributed by atoms with Gasteiger partial charge in [-0.1, -0.05) is 60.2 Å². The lowest BCUT2D eigenvalue weighted by Crippen LogP contribution is -2.50. The van der Waals surface area contributed by atoms with Crippen molar-refractivity contribution in [1.29, 1.82) is 0 Å². The van der Waals surface area contributed by atoms with Gasteiger partial charge in [0.05, 0.1) is 17.3 Å². The summed E-state index contributed by atoms with van der Waals surface area (Å²) >= 11 is 0. The lowest BCUT2D eigenvalue weighted by molar-refractivity contribution is 0.0578. The zero-order valence-electron chi connectivity index (χ0n) is 19.9. The van der Waals surface area contributed by atoms with Crippen LogP contribution in [0.4, 0.5) is 0 Å². The maximum Gasteiger partial charge on any atom is 0.272 e. The molecule has 1 amide bonds. The second-order valence-corrected chi connectivity index (χ2v) is 9.81. The summed E-state index contributed by atoms with van der Waals surface area (Å²) < 4.78 is 1.87. The van der Waals surface area contributed by atoms with Crippen LogP contribution in [-0.2, 0) is 5.54 Å². The van der Waals surface area contributed by atoms with Crippen LogP contribution in [0.25, 0.3) is 0 Å². The van der Waals surface area contributed by atoms with Crippen LogP contribution in [0.5, 0.6) is 0 Å². The Morgan fingerprint density at radius 1 is 0.875 bits per heavy atom. The third-order valence-electron chi connectivity index (χ3n) is 6.16. The zero-order valence-corrected chi connectivity index (χ0v) is 19.9. The van der Waals surface area contributed by atoms with E-state index in [-0.39, 0.29) is 17.5 Å². The first-order valence-electron chi connectivity index (χ1n) is 11.5. The van der Waals surface area contributed by atoms with Crippen molar-refractivity contribution in [2.75, 3.05) is 26.2 Å². The molecule has 0 aliphatic carbocycles. The summed E-state index contributed by atoms with van der Waals surface area (Å²) in [5, 5.41) is 4.59. The lowest BCUT2D eigenvalue weighted by atomic mass is 9.95. The van der Waals surface area contributed by atoms with E-state index >= 15 is 0 Å². The molecule has 5 heteroatoms. The topological polar surface area (TPSA) is 41.4 Å². The molecule has 0 spiro atoms. The number of carbonyl (C=O) groups is 1. The first-order chi connectivity index (χ1) is 15.2. The molecular weight excluding hydrogens is 396 g/mol. The van der Waals surface area contributed by atoms with Crippen LogP contribution in [0, 0.1) is 13.8 Å². The van der Waals surface area contributed by atoms with Gasteiger partial charge in [0.15, 0.2) is 0 Å². The highest BCUT2D eigenvalue weighted by Gasteiger charge is 2.31. The Bertz CT molecular complexity index is 1060. The molecule has 0 N–H and O–H groups in total. The van der Waals surface area contributed by atoms with E-state index in [0.717, 1.165) is 18.8 Å². The molecule has 1 atom stereocenters. The minimum absolute atomic E-state index is 0.0757. The maximum absolute atomic E-state index is 13.4. The largest absolute Gasteiger partial charge is 0.335 e. The molecule has 1 aliphatic rings. The fraction of sp³-hybridized carbons (Fsp3) is 0.407. The molecule has 2 aromatic carbocycles. The highest BCUT2D eigenvalue weighted by molar-refractivity contribution is 5.93. The molecule has 0 unspecified atom stereocenters. The number of piperazine rings is 1. The summed E-state index contributed by atoms with van der Waals surface area (Å²) in [7, 11) is 0. The van der Waals surface area contributed by atoms with Gasteiger partial charge in [0.25, 0.3) is 5.91 Å². The summed E-state index contributed by atoms with van der Waals surface area (Å²) in [4.78, 5) is 17.9. The van der Waals surface area contributed by atoms with Gasteiger partial charge in [-0.15, -0.1) is 0 Å². The van der Waals surface area contributed by atoms with Crippen LogP contribution >= 0.6 is 0 Å². The lowest BCUT2D eigenvalue weighted by Gasteiger charge is -2.40. The normalized spacial score (nSPS) is 16.2. The summed E-state index contributed by atoms with van der Waals surface area (Å²) in [6.45, 7) is 13.4. The Balaban J connectivity index is 1.54. The van der Waals surface area contributed by atoms with Gasteiger partial charge in [-0.25, -0.2) is 0 Å². The van der Waals surface area contributed by atoms with Crippen molar-refractivity contribution in [3.8, 4) is 0 Å². The summed E-state index contributed by atoms with van der Waals surface area (Å²) in [5.41, 5.74) is 5.18. The molecule has 0 radical (unpaired) electrons. The Hall–Kier alpha value is -2.92. The predicted octanol–water partition coefficient (Wildman–Crippen LogP) is 4.80. The molecule has 5 nitrogen and oxygen atoms in total. The van der Waals surface area contributed by atoms with Crippen molar-refractivity contribution in [3.05, 3.63) is 88.7 Å². The number of hydrogen-bond donors (Lipinski definition) is 0. The predicted molar refractivity (Wildman–Crippen MR) is 129 cm³/mol. The van der Waals surface area contributed by atoms with Gasteiger partial charge >= 0.3 is 0 Å². The van der Waals surface area contributed by atoms with E-state index in [9.17, 15) is 4.79 Å². The molecule has 1 aromatic heterocycles. The van der Waals surface area contributed by atoms with Crippen molar-refractivity contribution in [2.24, 2.45) is 0 Å². The van der Waals surface area contributed by atoms with Crippen LogP contribution in [0.1, 0.15) is 59.7 Å². The number of aromatic nitrogens is 2. The van der Waals surface area contributed by atoms with Gasteiger partial charge in [0, 0.05) is 26.2 Å². The van der Waals surface area contributed by atoms with E-state index in [0.29, 0.717) is 18.8 Å². The summed E-state index contributed by atoms with van der Waals surface area (Å²) in [6.07, 6.45) is 0. The molecule has 1 aliphatic heterocycles. The highest BCUT2D eigenvalue weighted by atomic mass is 16.2. The van der Waals surface area contributed by atoms with Crippen LogP contribution in [-0.4, -0.2) is 51.7 Å². The van der Waals surface area contributed by atoms with Crippen LogP contribution in [0.2, 0.25) is 0 Å². The van der Waals surface area contributed by atoms with E-state index in [4.69, 9.17) is 0 Å². The van der Waals surface area contributed by atoms with Gasteiger partial charge in [0.1, 0.15) is 5.69 Å². The van der Waals surface area contributed by atoms with E-state index in [1.54, 1.807) is 0 Å². The number of carbonyl (C=O) groups excluding carboxylic acids is 1. The van der Waals surface area contributed by atoms with Crippen LogP contribution in [0.3, 0.4) is 0 Å². The van der Waals surface area contributed by atoms with E-state index in [2.05, 4.69) is 92.3 Å². The monoisotopic (exact) mass is 430 g/mol. The minimum atomic E-state index is -0.231. The minimum Gasteiger partial charge on any atom is -0.335 e. The molecule has 1 saturated heterocycles. The zero-order chi connectivity index (χ0) is 22.9. The third kappa shape index (κ3) is 4.63. The van der Waals surface area contributed by atoms with Gasteiger partial charge in [-0.3, -0.25) is 14.4 Å². The first-order valence-corrected chi connectivity index (χ1v) is 11.5. The molecule has 3 aromatic rings. The molecule has 2 heterocycles. The number of aryl methyl sites for hydroxylation is 2. The third-order valence-corrected chi connectivity index (χ3v) is 6.16. The summed E-state index contributed by atoms with van der Waals surface area (Å²) in [6, 6.07) is 21.6. The fourth-order valence-electron chi connectivity index (χ4n) is 4.51. The number of rotatable bonds is 4. The molecule has 0 bridgehead atoms. The summed E-state index contributed by atoms with van der Waals surface area (Å²) in [5.74, 6) is 0.0757. The molecule has 168 valence electrons. The van der Waals surface area contributed by atoms with Gasteiger partial charge in [-0.2, -0.15) is 5.10 Å². The Morgan fingerprint density at radius 2 is 1.47 bits per heavy atom. The molecule has 0 saturated carbocycles. The number of hydrogen-bond acceptors (Lipinski definition) is 3. The smallest absolute Gasteiger partial charge is 0.272 e. The number of amides is 1. The quantitative estimate of drug-likeness (QED) is 0.597. The number of benzene rings is 2. The van der Waals surface area contributed by atoms with Crippen molar-refractivity contribution < 1.29 is 4.79 Å². The number of nitrogens with zero attached hydrogens (tertiary/aromatic N) is 4. The average molecular weight is 431 g/mol. The van der Waals surface area contributed by atoms with Crippen LogP contribution < -0.4 is 0 Å². The molecule has 4 rings (SSSR count). The van der Waals surface area contributed by atoms with Crippen molar-refractivity contribution in [2.45, 2.75) is 46.2 Å². The maximum atomic E-state index is 13.4. The Morgan fingerprint density at radius 3 is 2.06 bits per heavy atom. The second kappa shape index (κ2) is 8.91. The van der Waals surface area contributed by atoms with E-state index in [1.807, 2.05) is 22.6 Å². The molecular formula is C27H34N4O. The van der Waals surface area contributed by atoms with Gasteiger partial charge in [-0.05, 0) is 51.8 Å². The SMILES string of the molecule is Cc1ccc([C@H](c2ccccc2)N2CCN(C(=O)c3cc(C)nn3C(C)(C)C)CC2)cc1. The molecule has 1 fully saturated rings. The average Bonchev–Trinajstić information content (AvgIpc) is 3.18. The van der Waals surface area contributed by atoms with E-state index < -0.39 is 0 Å². The Kier molecular flexibility index (Phi) is 6.20.